The molecule has 0 fully saturated rings. The Hall–Kier alpha value is -3.65. The first-order valence-corrected chi connectivity index (χ1v) is 12.1. The maximum Gasteiger partial charge on any atom is 0.262 e. The fourth-order valence-electron chi connectivity index (χ4n) is 4.00. The lowest BCUT2D eigenvalue weighted by molar-refractivity contribution is -0.114. The highest BCUT2D eigenvalue weighted by Crippen LogP contribution is 2.27. The lowest BCUT2D eigenvalue weighted by Gasteiger charge is -2.29. The van der Waals surface area contributed by atoms with Crippen molar-refractivity contribution in [3.63, 3.8) is 0 Å². The Morgan fingerprint density at radius 2 is 1.64 bits per heavy atom. The van der Waals surface area contributed by atoms with E-state index in [1.807, 2.05) is 24.3 Å². The van der Waals surface area contributed by atoms with Crippen molar-refractivity contribution in [2.24, 2.45) is 0 Å². The zero-order valence-electron chi connectivity index (χ0n) is 18.5. The molecule has 3 aromatic rings. The SMILES string of the molecule is CC(=O)Nc1ccc(S(=O)(=O)Nc2ccc3c(c2)CN(C(=O)c2ccccc2)CC3)c(C)c1. The van der Waals surface area contributed by atoms with Gasteiger partial charge in [0, 0.05) is 37.0 Å². The summed E-state index contributed by atoms with van der Waals surface area (Å²) in [7, 11) is -3.83. The minimum atomic E-state index is -3.83. The molecule has 1 aliphatic heterocycles. The van der Waals surface area contributed by atoms with E-state index in [0.29, 0.717) is 42.0 Å². The predicted octanol–water partition coefficient (Wildman–Crippen LogP) is 3.95. The fraction of sp³-hybridized carbons (Fsp3) is 0.200. The number of carbonyl (C=O) groups is 2. The third kappa shape index (κ3) is 5.06. The number of anilines is 2. The Morgan fingerprint density at radius 3 is 2.33 bits per heavy atom. The quantitative estimate of drug-likeness (QED) is 0.599. The average Bonchev–Trinajstić information content (AvgIpc) is 2.78. The molecule has 1 heterocycles. The van der Waals surface area contributed by atoms with Crippen molar-refractivity contribution >= 4 is 33.2 Å². The number of fused-ring (bicyclic) bond motifs is 1. The number of benzene rings is 3. The summed E-state index contributed by atoms with van der Waals surface area (Å²) in [6, 6.07) is 19.2. The van der Waals surface area contributed by atoms with E-state index >= 15 is 0 Å². The van der Waals surface area contributed by atoms with Crippen LogP contribution < -0.4 is 10.0 Å². The molecule has 1 aliphatic rings. The van der Waals surface area contributed by atoms with E-state index in [2.05, 4.69) is 10.0 Å². The summed E-state index contributed by atoms with van der Waals surface area (Å²) in [5, 5.41) is 2.65. The molecule has 2 N–H and O–H groups in total. The Morgan fingerprint density at radius 1 is 0.909 bits per heavy atom. The smallest absolute Gasteiger partial charge is 0.262 e. The van der Waals surface area contributed by atoms with Gasteiger partial charge in [-0.3, -0.25) is 14.3 Å². The molecule has 0 spiro atoms. The number of hydrogen-bond donors (Lipinski definition) is 2. The van der Waals surface area contributed by atoms with Gasteiger partial charge in [-0.05, 0) is 72.5 Å². The molecule has 170 valence electrons. The van der Waals surface area contributed by atoms with Crippen molar-refractivity contribution in [2.75, 3.05) is 16.6 Å². The number of sulfonamides is 1. The minimum absolute atomic E-state index is 0.0397. The molecule has 0 saturated heterocycles. The third-order valence-corrected chi connectivity index (χ3v) is 7.11. The largest absolute Gasteiger partial charge is 0.334 e. The molecule has 7 nitrogen and oxygen atoms in total. The molecule has 8 heteroatoms. The van der Waals surface area contributed by atoms with E-state index in [0.717, 1.165) is 11.1 Å². The summed E-state index contributed by atoms with van der Waals surface area (Å²) >= 11 is 0. The van der Waals surface area contributed by atoms with Crippen molar-refractivity contribution in [3.05, 3.63) is 89.0 Å². The minimum Gasteiger partial charge on any atom is -0.334 e. The zero-order chi connectivity index (χ0) is 23.6. The van der Waals surface area contributed by atoms with E-state index < -0.39 is 10.0 Å². The Kier molecular flexibility index (Phi) is 6.20. The van der Waals surface area contributed by atoms with Crippen molar-refractivity contribution in [2.45, 2.75) is 31.7 Å². The highest BCUT2D eigenvalue weighted by atomic mass is 32.2. The van der Waals surface area contributed by atoms with E-state index in [1.165, 1.54) is 13.0 Å². The topological polar surface area (TPSA) is 95.6 Å². The molecule has 0 saturated carbocycles. The van der Waals surface area contributed by atoms with Gasteiger partial charge in [0.1, 0.15) is 0 Å². The first-order valence-electron chi connectivity index (χ1n) is 10.6. The first kappa shape index (κ1) is 22.5. The zero-order valence-corrected chi connectivity index (χ0v) is 19.3. The standard InChI is InChI=1S/C25H25N3O4S/c1-17-14-22(26-18(2)29)10-11-24(17)33(31,32)27-23-9-8-19-12-13-28(16-21(19)15-23)25(30)20-6-4-3-5-7-20/h3-11,14-15,27H,12-13,16H2,1-2H3,(H,26,29). The van der Waals surface area contributed by atoms with Crippen molar-refractivity contribution < 1.29 is 18.0 Å². The van der Waals surface area contributed by atoms with Gasteiger partial charge < -0.3 is 10.2 Å². The molecule has 0 aliphatic carbocycles. The fourth-order valence-corrected chi connectivity index (χ4v) is 5.28. The van der Waals surface area contributed by atoms with E-state index in [4.69, 9.17) is 0 Å². The van der Waals surface area contributed by atoms with Crippen LogP contribution in [0.5, 0.6) is 0 Å². The van der Waals surface area contributed by atoms with Crippen LogP contribution in [-0.2, 0) is 27.8 Å². The van der Waals surface area contributed by atoms with Crippen molar-refractivity contribution in [1.29, 1.82) is 0 Å². The summed E-state index contributed by atoms with van der Waals surface area (Å²) in [6.45, 7) is 4.11. The lowest BCUT2D eigenvalue weighted by Crippen LogP contribution is -2.36. The average molecular weight is 464 g/mol. The first-order chi connectivity index (χ1) is 15.7. The third-order valence-electron chi connectivity index (χ3n) is 5.56. The van der Waals surface area contributed by atoms with Crippen LogP contribution in [0.25, 0.3) is 0 Å². The van der Waals surface area contributed by atoms with Crippen LogP contribution in [0.3, 0.4) is 0 Å². The van der Waals surface area contributed by atoms with Gasteiger partial charge in [-0.1, -0.05) is 24.3 Å². The van der Waals surface area contributed by atoms with Gasteiger partial charge in [-0.25, -0.2) is 8.42 Å². The number of nitrogens with one attached hydrogen (secondary N) is 2. The van der Waals surface area contributed by atoms with Crippen LogP contribution in [0.15, 0.2) is 71.6 Å². The van der Waals surface area contributed by atoms with Gasteiger partial charge in [-0.15, -0.1) is 0 Å². The number of rotatable bonds is 5. The predicted molar refractivity (Wildman–Crippen MR) is 128 cm³/mol. The second-order valence-corrected chi connectivity index (χ2v) is 9.74. The molecule has 4 rings (SSSR count). The van der Waals surface area contributed by atoms with Crippen molar-refractivity contribution in [1.82, 2.24) is 4.90 Å². The van der Waals surface area contributed by atoms with Crippen LogP contribution in [-0.4, -0.2) is 31.7 Å². The van der Waals surface area contributed by atoms with Crippen LogP contribution in [0.1, 0.15) is 34.0 Å². The van der Waals surface area contributed by atoms with Crippen LogP contribution in [0.2, 0.25) is 0 Å². The Labute approximate surface area is 193 Å². The number of carbonyl (C=O) groups excluding carboxylic acids is 2. The normalized spacial score (nSPS) is 13.2. The van der Waals surface area contributed by atoms with Gasteiger partial charge in [0.25, 0.3) is 15.9 Å². The maximum atomic E-state index is 13.0. The van der Waals surface area contributed by atoms with Gasteiger partial charge >= 0.3 is 0 Å². The number of nitrogens with zero attached hydrogens (tertiary/aromatic N) is 1. The molecule has 0 atom stereocenters. The van der Waals surface area contributed by atoms with Crippen LogP contribution in [0.4, 0.5) is 11.4 Å². The molecule has 0 unspecified atom stereocenters. The van der Waals surface area contributed by atoms with Gasteiger partial charge in [0.2, 0.25) is 5.91 Å². The lowest BCUT2D eigenvalue weighted by atomic mass is 9.98. The maximum absolute atomic E-state index is 13.0. The van der Waals surface area contributed by atoms with Gasteiger partial charge in [-0.2, -0.15) is 0 Å². The molecule has 0 radical (unpaired) electrons. The second kappa shape index (κ2) is 9.07. The number of amides is 2. The summed E-state index contributed by atoms with van der Waals surface area (Å²) in [5.74, 6) is -0.265. The number of hydrogen-bond acceptors (Lipinski definition) is 4. The van der Waals surface area contributed by atoms with Crippen LogP contribution in [0, 0.1) is 6.92 Å². The van der Waals surface area contributed by atoms with Crippen LogP contribution >= 0.6 is 0 Å². The van der Waals surface area contributed by atoms with Crippen molar-refractivity contribution in [3.8, 4) is 0 Å². The van der Waals surface area contributed by atoms with E-state index in [-0.39, 0.29) is 16.7 Å². The molecule has 0 bridgehead atoms. The molecule has 2 amide bonds. The summed E-state index contributed by atoms with van der Waals surface area (Å²) in [4.78, 5) is 26.0. The summed E-state index contributed by atoms with van der Waals surface area (Å²) in [5.41, 5.74) is 4.15. The Bertz CT molecular complexity index is 1320. The Balaban J connectivity index is 1.53. The second-order valence-electron chi connectivity index (χ2n) is 8.09. The van der Waals surface area contributed by atoms with E-state index in [1.54, 1.807) is 48.2 Å². The molecule has 33 heavy (non-hydrogen) atoms. The summed E-state index contributed by atoms with van der Waals surface area (Å²) < 4.78 is 28.7. The van der Waals surface area contributed by atoms with Gasteiger partial charge in [0.05, 0.1) is 4.90 Å². The monoisotopic (exact) mass is 463 g/mol. The highest BCUT2D eigenvalue weighted by Gasteiger charge is 2.23. The molecular weight excluding hydrogens is 438 g/mol. The molecular formula is C25H25N3O4S. The number of aryl methyl sites for hydroxylation is 1. The molecule has 3 aromatic carbocycles. The molecule has 0 aromatic heterocycles. The summed E-state index contributed by atoms with van der Waals surface area (Å²) in [6.07, 6.45) is 0.713. The van der Waals surface area contributed by atoms with Gasteiger partial charge in [0.15, 0.2) is 0 Å². The highest BCUT2D eigenvalue weighted by molar-refractivity contribution is 7.92. The van der Waals surface area contributed by atoms with E-state index in [9.17, 15) is 18.0 Å².